The maximum Gasteiger partial charge on any atom is 0.140 e. The first-order chi connectivity index (χ1) is 36.2. The topological polar surface area (TPSA) is 25.6 Å². The summed E-state index contributed by atoms with van der Waals surface area (Å²) in [5, 5.41) is 6.67. The average molecular weight is 930 g/mol. The Balaban J connectivity index is 1.01. The Bertz CT molecular complexity index is 4310. The van der Waals surface area contributed by atoms with Gasteiger partial charge in [-0.05, 0) is 103 Å². The van der Waals surface area contributed by atoms with E-state index >= 15 is 0 Å². The highest BCUT2D eigenvalue weighted by Gasteiger charge is 2.53. The van der Waals surface area contributed by atoms with Crippen molar-refractivity contribution in [3.05, 3.63) is 305 Å². The quantitative estimate of drug-likeness (QED) is 0.172. The van der Waals surface area contributed by atoms with E-state index in [1.54, 1.807) is 0 Å². The number of hydrogen-bond donors (Lipinski definition) is 0. The Kier molecular flexibility index (Phi) is 8.30. The van der Waals surface area contributed by atoms with Crippen LogP contribution in [-0.4, -0.2) is 0 Å². The number of hydrogen-bond acceptors (Lipinski definition) is 3. The summed E-state index contributed by atoms with van der Waals surface area (Å²) in [4.78, 5) is 2.51. The molecule has 3 nitrogen and oxygen atoms in total. The molecule has 12 aromatic carbocycles. The first kappa shape index (κ1) is 40.3. The van der Waals surface area contributed by atoms with E-state index in [0.29, 0.717) is 0 Å². The van der Waals surface area contributed by atoms with Crippen LogP contribution in [0.5, 0.6) is 11.5 Å². The lowest BCUT2D eigenvalue weighted by atomic mass is 9.65. The van der Waals surface area contributed by atoms with Gasteiger partial charge in [0.15, 0.2) is 0 Å². The van der Waals surface area contributed by atoms with Gasteiger partial charge in [-0.15, -0.1) is 0 Å². The van der Waals surface area contributed by atoms with E-state index in [1.165, 1.54) is 55.6 Å². The Morgan fingerprint density at radius 2 is 0.808 bits per heavy atom. The van der Waals surface area contributed by atoms with Crippen molar-refractivity contribution in [2.45, 2.75) is 10.8 Å². The van der Waals surface area contributed by atoms with Crippen LogP contribution in [0.1, 0.15) is 44.5 Å². The van der Waals surface area contributed by atoms with E-state index in [4.69, 9.17) is 9.15 Å². The van der Waals surface area contributed by atoms with E-state index in [2.05, 4.69) is 260 Å². The molecule has 3 aliphatic rings. The second-order valence-electron chi connectivity index (χ2n) is 19.8. The lowest BCUT2D eigenvalue weighted by molar-refractivity contribution is 0.447. The highest BCUT2D eigenvalue weighted by molar-refractivity contribution is 6.08. The molecule has 340 valence electrons. The van der Waals surface area contributed by atoms with E-state index in [0.717, 1.165) is 83.2 Å². The fraction of sp³-hybridized carbons (Fsp3) is 0.0286. The number of anilines is 3. The van der Waals surface area contributed by atoms with Gasteiger partial charge in [-0.1, -0.05) is 218 Å². The van der Waals surface area contributed by atoms with Gasteiger partial charge in [-0.3, -0.25) is 0 Å². The Morgan fingerprint density at radius 1 is 0.301 bits per heavy atom. The summed E-state index contributed by atoms with van der Waals surface area (Å²) in [5.41, 5.74) is 18.3. The Labute approximate surface area is 422 Å². The molecule has 0 unspecified atom stereocenters. The summed E-state index contributed by atoms with van der Waals surface area (Å²) in [6.07, 6.45) is 0. The Hall–Kier alpha value is -9.44. The van der Waals surface area contributed by atoms with Crippen molar-refractivity contribution in [2.24, 2.45) is 0 Å². The van der Waals surface area contributed by atoms with Crippen molar-refractivity contribution in [3.8, 4) is 33.8 Å². The predicted molar refractivity (Wildman–Crippen MR) is 298 cm³/mol. The first-order valence-electron chi connectivity index (χ1n) is 25.2. The monoisotopic (exact) mass is 929 g/mol. The zero-order chi connectivity index (χ0) is 47.8. The van der Waals surface area contributed by atoms with E-state index in [1.807, 2.05) is 6.07 Å². The lowest BCUT2D eigenvalue weighted by Crippen LogP contribution is -2.32. The molecule has 0 radical (unpaired) electrons. The van der Waals surface area contributed by atoms with Gasteiger partial charge in [0.25, 0.3) is 0 Å². The number of para-hydroxylation sites is 1. The number of benzene rings is 12. The zero-order valence-corrected chi connectivity index (χ0v) is 39.6. The summed E-state index contributed by atoms with van der Waals surface area (Å²) in [7, 11) is 0. The fourth-order valence-electron chi connectivity index (χ4n) is 13.5. The van der Waals surface area contributed by atoms with Crippen molar-refractivity contribution < 1.29 is 9.15 Å². The van der Waals surface area contributed by atoms with Crippen LogP contribution in [0.4, 0.5) is 17.1 Å². The number of fused-ring (bicyclic) bond motifs is 19. The summed E-state index contributed by atoms with van der Waals surface area (Å²) in [6, 6.07) is 96.0. The van der Waals surface area contributed by atoms with Crippen LogP contribution in [0.2, 0.25) is 0 Å². The third kappa shape index (κ3) is 5.33. The van der Waals surface area contributed by atoms with Crippen molar-refractivity contribution >= 4 is 60.5 Å². The number of ether oxygens (including phenoxy) is 1. The average Bonchev–Trinajstić information content (AvgIpc) is 4.09. The standard InChI is InChI=1S/C70H43NO2/c1-3-20-46(21-4-1)69(47-22-5-2-6-23-47)57-29-14-11-26-52(57)55-42-48(36-40-59(55)69)71(49-37-41-65-56(43-49)53-27-13-16-33-64(53)72-65)63-32-17-31-60-66(63)54-28-12-15-30-58(54)70(60)61-38-34-44-18-7-9-24-50(44)67(61)73-68-51-25-10-8-19-45(51)35-39-62(68)70/h1-43H. The molecule has 1 spiro atoms. The largest absolute Gasteiger partial charge is 0.456 e. The molecule has 2 heterocycles. The maximum atomic E-state index is 7.34. The molecule has 3 heteroatoms. The van der Waals surface area contributed by atoms with Gasteiger partial charge in [0.2, 0.25) is 0 Å². The molecule has 0 atom stereocenters. The molecule has 0 N–H and O–H groups in total. The number of nitrogens with zero attached hydrogens (tertiary/aromatic N) is 1. The smallest absolute Gasteiger partial charge is 0.140 e. The summed E-state index contributed by atoms with van der Waals surface area (Å²) in [5.74, 6) is 1.81. The van der Waals surface area contributed by atoms with Crippen LogP contribution >= 0.6 is 0 Å². The van der Waals surface area contributed by atoms with Crippen molar-refractivity contribution in [1.82, 2.24) is 0 Å². The number of furan rings is 1. The molecule has 73 heavy (non-hydrogen) atoms. The molecule has 0 amide bonds. The molecule has 1 aliphatic heterocycles. The van der Waals surface area contributed by atoms with Gasteiger partial charge in [-0.25, -0.2) is 0 Å². The van der Waals surface area contributed by atoms with Crippen molar-refractivity contribution in [3.63, 3.8) is 0 Å². The Morgan fingerprint density at radius 3 is 1.51 bits per heavy atom. The van der Waals surface area contributed by atoms with Crippen LogP contribution in [0.15, 0.2) is 265 Å². The SMILES string of the molecule is c1ccc(C2(c3ccccc3)c3ccccc3-c3cc(N(c4ccc5oc6ccccc6c5c4)c4cccc5c4-c4ccccc4C54c5ccc6ccccc6c5Oc5c4ccc4ccccc54)ccc32)cc1. The van der Waals surface area contributed by atoms with Gasteiger partial charge in [0.05, 0.1) is 16.5 Å². The van der Waals surface area contributed by atoms with Gasteiger partial charge in [-0.2, -0.15) is 0 Å². The molecule has 0 fully saturated rings. The molecule has 0 saturated heterocycles. The van der Waals surface area contributed by atoms with Gasteiger partial charge in [0.1, 0.15) is 22.7 Å². The molecule has 0 bridgehead atoms. The third-order valence-corrected chi connectivity index (χ3v) is 16.4. The predicted octanol–water partition coefficient (Wildman–Crippen LogP) is 18.2. The first-order valence-corrected chi connectivity index (χ1v) is 25.2. The van der Waals surface area contributed by atoms with Gasteiger partial charge in [0, 0.05) is 49.6 Å². The molecule has 0 saturated carbocycles. The fourth-order valence-corrected chi connectivity index (χ4v) is 13.5. The second-order valence-corrected chi connectivity index (χ2v) is 19.8. The lowest BCUT2D eigenvalue weighted by Gasteiger charge is -2.40. The van der Waals surface area contributed by atoms with E-state index in [9.17, 15) is 0 Å². The molecular formula is C70H43NO2. The minimum absolute atomic E-state index is 0.524. The van der Waals surface area contributed by atoms with Crippen molar-refractivity contribution in [2.75, 3.05) is 4.90 Å². The molecule has 13 aromatic rings. The molecule has 2 aliphatic carbocycles. The minimum atomic E-state index is -0.711. The van der Waals surface area contributed by atoms with Crippen LogP contribution < -0.4 is 9.64 Å². The zero-order valence-electron chi connectivity index (χ0n) is 39.6. The highest BCUT2D eigenvalue weighted by atomic mass is 16.5. The van der Waals surface area contributed by atoms with Crippen LogP contribution in [0.25, 0.3) is 65.7 Å². The summed E-state index contributed by atoms with van der Waals surface area (Å²) in [6.45, 7) is 0. The maximum absolute atomic E-state index is 7.34. The van der Waals surface area contributed by atoms with E-state index in [-0.39, 0.29) is 0 Å². The minimum Gasteiger partial charge on any atom is -0.456 e. The van der Waals surface area contributed by atoms with E-state index < -0.39 is 10.8 Å². The van der Waals surface area contributed by atoms with Crippen LogP contribution in [0, 0.1) is 0 Å². The number of rotatable bonds is 5. The molecule has 1 aromatic heterocycles. The van der Waals surface area contributed by atoms with Gasteiger partial charge < -0.3 is 14.1 Å². The van der Waals surface area contributed by atoms with Crippen LogP contribution in [-0.2, 0) is 10.8 Å². The second kappa shape index (κ2) is 15.0. The van der Waals surface area contributed by atoms with Crippen molar-refractivity contribution in [1.29, 1.82) is 0 Å². The summed E-state index contributed by atoms with van der Waals surface area (Å²) >= 11 is 0. The van der Waals surface area contributed by atoms with Gasteiger partial charge >= 0.3 is 0 Å². The van der Waals surface area contributed by atoms with Crippen LogP contribution in [0.3, 0.4) is 0 Å². The summed E-state index contributed by atoms with van der Waals surface area (Å²) < 4.78 is 13.8. The molecule has 16 rings (SSSR count). The third-order valence-electron chi connectivity index (χ3n) is 16.4. The molecular weight excluding hydrogens is 887 g/mol. The highest BCUT2D eigenvalue weighted by Crippen LogP contribution is 2.66. The normalized spacial score (nSPS) is 14.1.